The van der Waals surface area contributed by atoms with E-state index in [1.165, 1.54) is 347 Å². The number of rotatable bonds is 64. The zero-order valence-electron chi connectivity index (χ0n) is 49.7. The van der Waals surface area contributed by atoms with Gasteiger partial charge < -0.3 is 15.5 Å². The lowest BCUT2D eigenvalue weighted by molar-refractivity contribution is -0.123. The normalized spacial score (nSPS) is 12.7. The Bertz CT molecular complexity index is 1010. The van der Waals surface area contributed by atoms with Crippen LogP contribution in [-0.2, 0) is 4.79 Å². The van der Waals surface area contributed by atoms with Crippen LogP contribution in [0.5, 0.6) is 0 Å². The van der Waals surface area contributed by atoms with Crippen molar-refractivity contribution in [3.8, 4) is 0 Å². The molecule has 0 rings (SSSR count). The van der Waals surface area contributed by atoms with Crippen LogP contribution in [-0.4, -0.2) is 34.9 Å². The lowest BCUT2D eigenvalue weighted by Gasteiger charge is -2.22. The highest BCUT2D eigenvalue weighted by molar-refractivity contribution is 5.76. The van der Waals surface area contributed by atoms with Gasteiger partial charge in [-0.3, -0.25) is 4.79 Å². The molecule has 0 aliphatic heterocycles. The summed E-state index contributed by atoms with van der Waals surface area (Å²) in [6.07, 6.45) is 85.5. The number of unbranched alkanes of at least 4 members (excludes halogenated alkanes) is 55. The summed E-state index contributed by atoms with van der Waals surface area (Å²) >= 11 is 0. The number of nitrogens with one attached hydrogen (secondary N) is 1. The van der Waals surface area contributed by atoms with Gasteiger partial charge in [0.2, 0.25) is 5.91 Å². The third kappa shape index (κ3) is 60.0. The second kappa shape index (κ2) is 64.4. The van der Waals surface area contributed by atoms with Gasteiger partial charge in [0.1, 0.15) is 0 Å². The molecule has 0 aromatic rings. The van der Waals surface area contributed by atoms with Crippen LogP contribution in [0.25, 0.3) is 0 Å². The van der Waals surface area contributed by atoms with Gasteiger partial charge in [0.15, 0.2) is 0 Å². The first kappa shape index (κ1) is 71.1. The van der Waals surface area contributed by atoms with Crippen molar-refractivity contribution in [3.63, 3.8) is 0 Å². The topological polar surface area (TPSA) is 69.6 Å². The summed E-state index contributed by atoms with van der Waals surface area (Å²) in [5.74, 6) is -0.0218. The number of amides is 1. The van der Waals surface area contributed by atoms with E-state index in [0.717, 1.165) is 25.7 Å². The smallest absolute Gasteiger partial charge is 0.220 e. The molecule has 0 saturated heterocycles. The maximum Gasteiger partial charge on any atom is 0.220 e. The van der Waals surface area contributed by atoms with Crippen LogP contribution in [0.15, 0.2) is 12.2 Å². The van der Waals surface area contributed by atoms with E-state index < -0.39 is 12.1 Å². The van der Waals surface area contributed by atoms with Crippen LogP contribution >= 0.6 is 0 Å². The van der Waals surface area contributed by atoms with E-state index in [0.29, 0.717) is 12.8 Å². The number of carbonyl (C=O) groups excluding carboxylic acids is 1. The van der Waals surface area contributed by atoms with Gasteiger partial charge >= 0.3 is 0 Å². The molecule has 0 aliphatic rings. The van der Waals surface area contributed by atoms with Crippen molar-refractivity contribution in [1.29, 1.82) is 0 Å². The van der Waals surface area contributed by atoms with Crippen molar-refractivity contribution in [2.24, 2.45) is 0 Å². The summed E-state index contributed by atoms with van der Waals surface area (Å²) < 4.78 is 0. The molecule has 430 valence electrons. The number of carbonyl (C=O) groups is 1. The average Bonchev–Trinajstić information content (AvgIpc) is 3.39. The minimum Gasteiger partial charge on any atom is -0.394 e. The quantitative estimate of drug-likeness (QED) is 0.0420. The Labute approximate surface area is 454 Å². The summed E-state index contributed by atoms with van der Waals surface area (Å²) in [6.45, 7) is 4.41. The van der Waals surface area contributed by atoms with Crippen molar-refractivity contribution >= 4 is 5.91 Å². The number of aliphatic hydroxyl groups excluding tert-OH is 2. The standard InChI is InChI=1S/C68H135NO3/c1-3-5-7-9-11-13-15-17-19-21-23-25-27-28-29-30-31-32-33-34-35-36-37-38-39-40-42-44-46-48-50-52-54-56-58-60-62-64-68(72)69-66(65-70)67(71)63-61-59-57-55-53-51-49-47-45-43-41-26-24-22-20-18-16-14-12-10-8-6-4-2/h32-33,66-67,70-71H,3-31,34-65H2,1-2H3,(H,69,72)/b33-32-. The fourth-order valence-electron chi connectivity index (χ4n) is 11.1. The minimum absolute atomic E-state index is 0.0218. The molecule has 0 bridgehead atoms. The number of aliphatic hydroxyl groups is 2. The Morgan fingerprint density at radius 3 is 0.764 bits per heavy atom. The van der Waals surface area contributed by atoms with Crippen LogP contribution < -0.4 is 5.32 Å². The third-order valence-corrected chi connectivity index (χ3v) is 16.3. The van der Waals surface area contributed by atoms with Gasteiger partial charge in [-0.05, 0) is 38.5 Å². The Morgan fingerprint density at radius 1 is 0.319 bits per heavy atom. The fraction of sp³-hybridized carbons (Fsp3) is 0.956. The molecule has 0 aromatic heterocycles. The van der Waals surface area contributed by atoms with Gasteiger partial charge in [-0.15, -0.1) is 0 Å². The fourth-order valence-corrected chi connectivity index (χ4v) is 11.1. The van der Waals surface area contributed by atoms with Crippen LogP contribution in [0.1, 0.15) is 399 Å². The van der Waals surface area contributed by atoms with E-state index in [4.69, 9.17) is 0 Å². The van der Waals surface area contributed by atoms with Crippen LogP contribution in [0.3, 0.4) is 0 Å². The molecule has 0 radical (unpaired) electrons. The molecule has 2 unspecified atom stereocenters. The van der Waals surface area contributed by atoms with Crippen molar-refractivity contribution in [2.45, 2.75) is 411 Å². The van der Waals surface area contributed by atoms with Gasteiger partial charge in [0.05, 0.1) is 18.8 Å². The molecule has 72 heavy (non-hydrogen) atoms. The highest BCUT2D eigenvalue weighted by atomic mass is 16.3. The first-order valence-corrected chi connectivity index (χ1v) is 33.9. The number of hydrogen-bond acceptors (Lipinski definition) is 3. The van der Waals surface area contributed by atoms with Gasteiger partial charge in [-0.25, -0.2) is 0 Å². The van der Waals surface area contributed by atoms with Crippen molar-refractivity contribution < 1.29 is 15.0 Å². The molecule has 0 spiro atoms. The van der Waals surface area contributed by atoms with E-state index >= 15 is 0 Å². The summed E-state index contributed by atoms with van der Waals surface area (Å²) in [5, 5.41) is 23.4. The van der Waals surface area contributed by atoms with Crippen LogP contribution in [0, 0.1) is 0 Å². The highest BCUT2D eigenvalue weighted by Crippen LogP contribution is 2.19. The monoisotopic (exact) mass is 1010 g/mol. The van der Waals surface area contributed by atoms with E-state index in [1.807, 2.05) is 0 Å². The van der Waals surface area contributed by atoms with Crippen LogP contribution in [0.2, 0.25) is 0 Å². The molecule has 2 atom stereocenters. The summed E-state index contributed by atoms with van der Waals surface area (Å²) in [6, 6.07) is -0.534. The predicted molar refractivity (Wildman–Crippen MR) is 323 cm³/mol. The number of allylic oxidation sites excluding steroid dienone is 2. The molecule has 0 aromatic carbocycles. The minimum atomic E-state index is -0.658. The van der Waals surface area contributed by atoms with Gasteiger partial charge in [0, 0.05) is 6.42 Å². The van der Waals surface area contributed by atoms with E-state index in [9.17, 15) is 15.0 Å². The molecule has 3 N–H and O–H groups in total. The maximum absolute atomic E-state index is 12.5. The largest absolute Gasteiger partial charge is 0.394 e. The zero-order chi connectivity index (χ0) is 52.0. The first-order chi connectivity index (χ1) is 35.7. The molecular weight excluding hydrogens is 879 g/mol. The Balaban J connectivity index is 3.37. The predicted octanol–water partition coefficient (Wildman–Crippen LogP) is 22.8. The molecule has 4 nitrogen and oxygen atoms in total. The van der Waals surface area contributed by atoms with Gasteiger partial charge in [-0.2, -0.15) is 0 Å². The van der Waals surface area contributed by atoms with E-state index in [-0.39, 0.29) is 12.5 Å². The van der Waals surface area contributed by atoms with Gasteiger partial charge in [-0.1, -0.05) is 366 Å². The van der Waals surface area contributed by atoms with E-state index in [1.54, 1.807) is 0 Å². The van der Waals surface area contributed by atoms with Crippen LogP contribution in [0.4, 0.5) is 0 Å². The summed E-state index contributed by atoms with van der Waals surface area (Å²) in [7, 11) is 0. The first-order valence-electron chi connectivity index (χ1n) is 33.9. The maximum atomic E-state index is 12.5. The second-order valence-corrected chi connectivity index (χ2v) is 23.6. The lowest BCUT2D eigenvalue weighted by atomic mass is 10.0. The molecule has 0 saturated carbocycles. The summed E-state index contributed by atoms with van der Waals surface area (Å²) in [5.41, 5.74) is 0. The van der Waals surface area contributed by atoms with Gasteiger partial charge in [0.25, 0.3) is 0 Å². The summed E-state index contributed by atoms with van der Waals surface area (Å²) in [4.78, 5) is 12.5. The third-order valence-electron chi connectivity index (χ3n) is 16.3. The molecule has 4 heteroatoms. The Hall–Kier alpha value is -0.870. The van der Waals surface area contributed by atoms with Crippen molar-refractivity contribution in [1.82, 2.24) is 5.32 Å². The second-order valence-electron chi connectivity index (χ2n) is 23.6. The van der Waals surface area contributed by atoms with E-state index in [2.05, 4.69) is 31.3 Å². The van der Waals surface area contributed by atoms with Crippen molar-refractivity contribution in [2.75, 3.05) is 6.61 Å². The average molecular weight is 1010 g/mol. The molecule has 0 heterocycles. The zero-order valence-corrected chi connectivity index (χ0v) is 49.7. The molecule has 0 fully saturated rings. The lowest BCUT2D eigenvalue weighted by Crippen LogP contribution is -2.45. The SMILES string of the molecule is CCCCCCCCCCCCCCCCCC/C=C\CCCCCCCCCCCCCCCCCCCC(=O)NC(CO)C(O)CCCCCCCCCCCCCCCCCCCCCCCCC. The Morgan fingerprint density at radius 2 is 0.528 bits per heavy atom. The molecule has 1 amide bonds. The molecular formula is C68H135NO3. The highest BCUT2D eigenvalue weighted by Gasteiger charge is 2.20. The number of hydrogen-bond donors (Lipinski definition) is 3. The Kier molecular flexibility index (Phi) is 63.6. The van der Waals surface area contributed by atoms with Crippen molar-refractivity contribution in [3.05, 3.63) is 12.2 Å². The molecule has 0 aliphatic carbocycles.